The first kappa shape index (κ1) is 15.8. The summed E-state index contributed by atoms with van der Waals surface area (Å²) in [5, 5.41) is 6.83. The molecule has 1 amide bonds. The Kier molecular flexibility index (Phi) is 4.02. The topological polar surface area (TPSA) is 45.8 Å². The Balaban J connectivity index is 1.97. The third-order valence-corrected chi connectivity index (χ3v) is 4.06. The highest BCUT2D eigenvalue weighted by Crippen LogP contribution is 2.36. The maximum absolute atomic E-state index is 12.8. The van der Waals surface area contributed by atoms with E-state index < -0.39 is 5.41 Å². The molecule has 0 fully saturated rings. The first-order valence-corrected chi connectivity index (χ1v) is 7.94. The molecular weight excluding hydrogens is 312 g/mol. The molecule has 1 aliphatic rings. The summed E-state index contributed by atoms with van der Waals surface area (Å²) < 4.78 is 5.53. The quantitative estimate of drug-likeness (QED) is 0.804. The fraction of sp³-hybridized carbons (Fsp3) is 0.333. The number of carbonyl (C=O) groups is 1. The SMILES string of the molecule is CC(C)(C)C(=O)N1N=C(c2ccc(Cl)cc2)CC1c1ccco1. The fourth-order valence-corrected chi connectivity index (χ4v) is 2.69. The molecule has 0 bridgehead atoms. The van der Waals surface area contributed by atoms with Gasteiger partial charge in [0.05, 0.1) is 12.0 Å². The van der Waals surface area contributed by atoms with Crippen molar-refractivity contribution in [3.8, 4) is 0 Å². The molecule has 4 nitrogen and oxygen atoms in total. The van der Waals surface area contributed by atoms with Crippen LogP contribution >= 0.6 is 11.6 Å². The lowest BCUT2D eigenvalue weighted by Crippen LogP contribution is -2.36. The maximum Gasteiger partial charge on any atom is 0.248 e. The summed E-state index contributed by atoms with van der Waals surface area (Å²) in [6, 6.07) is 11.0. The van der Waals surface area contributed by atoms with Gasteiger partial charge in [0.15, 0.2) is 0 Å². The lowest BCUT2D eigenvalue weighted by molar-refractivity contribution is -0.141. The van der Waals surface area contributed by atoms with Crippen molar-refractivity contribution in [1.82, 2.24) is 5.01 Å². The van der Waals surface area contributed by atoms with E-state index in [-0.39, 0.29) is 11.9 Å². The molecule has 3 rings (SSSR count). The molecule has 2 heterocycles. The molecule has 0 N–H and O–H groups in total. The van der Waals surface area contributed by atoms with Crippen LogP contribution in [0.4, 0.5) is 0 Å². The molecule has 0 saturated carbocycles. The van der Waals surface area contributed by atoms with Gasteiger partial charge in [-0.05, 0) is 29.8 Å². The van der Waals surface area contributed by atoms with Crippen LogP contribution in [0.15, 0.2) is 52.2 Å². The number of amides is 1. The van der Waals surface area contributed by atoms with Crippen LogP contribution in [-0.2, 0) is 4.79 Å². The summed E-state index contributed by atoms with van der Waals surface area (Å²) in [4.78, 5) is 12.8. The largest absolute Gasteiger partial charge is 0.467 e. The van der Waals surface area contributed by atoms with Gasteiger partial charge in [-0.1, -0.05) is 44.5 Å². The van der Waals surface area contributed by atoms with Gasteiger partial charge >= 0.3 is 0 Å². The Morgan fingerprint density at radius 1 is 1.26 bits per heavy atom. The average Bonchev–Trinajstić information content (AvgIpc) is 3.15. The fourth-order valence-electron chi connectivity index (χ4n) is 2.56. The van der Waals surface area contributed by atoms with Crippen molar-refractivity contribution in [3.63, 3.8) is 0 Å². The van der Waals surface area contributed by atoms with E-state index in [1.807, 2.05) is 57.2 Å². The summed E-state index contributed by atoms with van der Waals surface area (Å²) in [7, 11) is 0. The van der Waals surface area contributed by atoms with Crippen LogP contribution in [0.2, 0.25) is 5.02 Å². The van der Waals surface area contributed by atoms with Crippen LogP contribution in [0.1, 0.15) is 44.6 Å². The predicted octanol–water partition coefficient (Wildman–Crippen LogP) is 4.66. The number of carbonyl (C=O) groups excluding carboxylic acids is 1. The van der Waals surface area contributed by atoms with Crippen LogP contribution in [0.3, 0.4) is 0 Å². The number of rotatable bonds is 2. The van der Waals surface area contributed by atoms with Gasteiger partial charge in [0, 0.05) is 16.9 Å². The van der Waals surface area contributed by atoms with Crippen molar-refractivity contribution >= 4 is 23.2 Å². The molecule has 1 aromatic carbocycles. The van der Waals surface area contributed by atoms with E-state index in [1.54, 1.807) is 11.3 Å². The van der Waals surface area contributed by atoms with Crippen molar-refractivity contribution in [2.45, 2.75) is 33.2 Å². The van der Waals surface area contributed by atoms with E-state index in [9.17, 15) is 4.79 Å². The zero-order valence-electron chi connectivity index (χ0n) is 13.4. The van der Waals surface area contributed by atoms with Crippen LogP contribution in [0.5, 0.6) is 0 Å². The zero-order valence-corrected chi connectivity index (χ0v) is 14.2. The smallest absolute Gasteiger partial charge is 0.248 e. The highest BCUT2D eigenvalue weighted by atomic mass is 35.5. The molecule has 1 aliphatic heterocycles. The van der Waals surface area contributed by atoms with Gasteiger partial charge < -0.3 is 4.42 Å². The maximum atomic E-state index is 12.8. The van der Waals surface area contributed by atoms with Crippen LogP contribution in [-0.4, -0.2) is 16.6 Å². The summed E-state index contributed by atoms with van der Waals surface area (Å²) in [6.45, 7) is 5.68. The van der Waals surface area contributed by atoms with Crippen molar-refractivity contribution < 1.29 is 9.21 Å². The van der Waals surface area contributed by atoms with Gasteiger partial charge in [-0.2, -0.15) is 5.10 Å². The van der Waals surface area contributed by atoms with E-state index in [0.29, 0.717) is 11.4 Å². The van der Waals surface area contributed by atoms with Crippen LogP contribution in [0.25, 0.3) is 0 Å². The second-order valence-electron chi connectivity index (χ2n) is 6.69. The molecule has 0 spiro atoms. The number of hydrogen-bond donors (Lipinski definition) is 0. The summed E-state index contributed by atoms with van der Waals surface area (Å²) in [5.74, 6) is 0.721. The normalized spacial score (nSPS) is 18.2. The standard InChI is InChI=1S/C18H19ClN2O2/c1-18(2,3)17(22)21-15(16-5-4-10-23-16)11-14(20-21)12-6-8-13(19)9-7-12/h4-10,15H,11H2,1-3H3. The first-order valence-electron chi connectivity index (χ1n) is 7.57. The molecular formula is C18H19ClN2O2. The van der Waals surface area contributed by atoms with Crippen molar-refractivity contribution in [2.75, 3.05) is 0 Å². The van der Waals surface area contributed by atoms with Gasteiger partial charge in [0.2, 0.25) is 5.91 Å². The molecule has 1 unspecified atom stereocenters. The first-order chi connectivity index (χ1) is 10.9. The Morgan fingerprint density at radius 3 is 2.52 bits per heavy atom. The van der Waals surface area contributed by atoms with Crippen LogP contribution in [0, 0.1) is 5.41 Å². The average molecular weight is 331 g/mol. The lowest BCUT2D eigenvalue weighted by Gasteiger charge is -2.27. The Hall–Kier alpha value is -2.07. The highest BCUT2D eigenvalue weighted by Gasteiger charge is 2.39. The number of benzene rings is 1. The Bertz CT molecular complexity index is 727. The minimum Gasteiger partial charge on any atom is -0.467 e. The van der Waals surface area contributed by atoms with Gasteiger partial charge in [-0.3, -0.25) is 4.79 Å². The molecule has 1 aromatic heterocycles. The summed E-state index contributed by atoms with van der Waals surface area (Å²) >= 11 is 5.95. The molecule has 5 heteroatoms. The van der Waals surface area contributed by atoms with E-state index in [2.05, 4.69) is 5.10 Å². The molecule has 1 atom stereocenters. The van der Waals surface area contributed by atoms with Crippen LogP contribution < -0.4 is 0 Å². The number of halogens is 1. The van der Waals surface area contributed by atoms with E-state index >= 15 is 0 Å². The zero-order chi connectivity index (χ0) is 16.6. The molecule has 23 heavy (non-hydrogen) atoms. The van der Waals surface area contributed by atoms with E-state index in [0.717, 1.165) is 17.0 Å². The lowest BCUT2D eigenvalue weighted by atomic mass is 9.94. The van der Waals surface area contributed by atoms with Crippen molar-refractivity contribution in [2.24, 2.45) is 10.5 Å². The molecule has 0 saturated heterocycles. The number of nitrogens with zero attached hydrogens (tertiary/aromatic N) is 2. The molecule has 2 aromatic rings. The minimum absolute atomic E-state index is 0.0251. The number of hydrazone groups is 1. The number of furan rings is 1. The Morgan fingerprint density at radius 2 is 1.96 bits per heavy atom. The minimum atomic E-state index is -0.510. The highest BCUT2D eigenvalue weighted by molar-refractivity contribution is 6.30. The van der Waals surface area contributed by atoms with Crippen molar-refractivity contribution in [1.29, 1.82) is 0 Å². The van der Waals surface area contributed by atoms with Gasteiger partial charge in [-0.25, -0.2) is 5.01 Å². The molecule has 0 aliphatic carbocycles. The summed E-state index contributed by atoms with van der Waals surface area (Å²) in [5.41, 5.74) is 1.32. The van der Waals surface area contributed by atoms with Gasteiger partial charge in [0.25, 0.3) is 0 Å². The summed E-state index contributed by atoms with van der Waals surface area (Å²) in [6.07, 6.45) is 2.24. The number of hydrogen-bond acceptors (Lipinski definition) is 3. The monoisotopic (exact) mass is 330 g/mol. The molecule has 0 radical (unpaired) electrons. The predicted molar refractivity (Wildman–Crippen MR) is 90.4 cm³/mol. The van der Waals surface area contributed by atoms with Gasteiger partial charge in [-0.15, -0.1) is 0 Å². The second-order valence-corrected chi connectivity index (χ2v) is 7.13. The third-order valence-electron chi connectivity index (χ3n) is 3.81. The third kappa shape index (κ3) is 3.17. The molecule has 120 valence electrons. The van der Waals surface area contributed by atoms with Crippen molar-refractivity contribution in [3.05, 3.63) is 59.0 Å². The Labute approximate surface area is 140 Å². The second kappa shape index (κ2) is 5.85. The van der Waals surface area contributed by atoms with Gasteiger partial charge in [0.1, 0.15) is 11.8 Å². The van der Waals surface area contributed by atoms with E-state index in [4.69, 9.17) is 16.0 Å². The van der Waals surface area contributed by atoms with E-state index in [1.165, 1.54) is 0 Å².